The van der Waals surface area contributed by atoms with Crippen LogP contribution in [0.25, 0.3) is 0 Å². The summed E-state index contributed by atoms with van der Waals surface area (Å²) < 4.78 is 10.3. The third kappa shape index (κ3) is 5.24. The maximum atomic E-state index is 6.11. The molecule has 0 aromatic rings. The Hall–Kier alpha value is -0.120. The van der Waals surface area contributed by atoms with Gasteiger partial charge in [0, 0.05) is 25.9 Å². The summed E-state index contributed by atoms with van der Waals surface area (Å²) in [5.41, 5.74) is 5.87. The van der Waals surface area contributed by atoms with Crippen molar-refractivity contribution in [1.29, 1.82) is 0 Å². The second kappa shape index (κ2) is 6.35. The minimum Gasteiger partial charge on any atom is -0.385 e. The van der Waals surface area contributed by atoms with Crippen LogP contribution in [0.1, 0.15) is 27.2 Å². The zero-order valence-corrected chi connectivity index (χ0v) is 9.30. The molecule has 0 heterocycles. The number of hydrogen-bond donors (Lipinski definition) is 1. The first-order valence-corrected chi connectivity index (χ1v) is 4.90. The molecule has 0 spiro atoms. The normalized spacial score (nSPS) is 18.2. The molecule has 0 radical (unpaired) electrons. The van der Waals surface area contributed by atoms with E-state index in [4.69, 9.17) is 15.2 Å². The Kier molecular flexibility index (Phi) is 6.29. The minimum absolute atomic E-state index is 0.242. The average Bonchev–Trinajstić information content (AvgIpc) is 2.10. The Balaban J connectivity index is 3.80. The first-order chi connectivity index (χ1) is 6.04. The third-order valence-corrected chi connectivity index (χ3v) is 2.50. The molecule has 13 heavy (non-hydrogen) atoms. The molecule has 0 saturated heterocycles. The van der Waals surface area contributed by atoms with Crippen LogP contribution in [0.3, 0.4) is 0 Å². The number of hydrogen-bond acceptors (Lipinski definition) is 3. The predicted molar refractivity (Wildman–Crippen MR) is 54.7 cm³/mol. The highest BCUT2D eigenvalue weighted by Gasteiger charge is 2.26. The van der Waals surface area contributed by atoms with Gasteiger partial charge in [0.1, 0.15) is 0 Å². The van der Waals surface area contributed by atoms with E-state index in [0.29, 0.717) is 12.5 Å². The highest BCUT2D eigenvalue weighted by Crippen LogP contribution is 2.17. The van der Waals surface area contributed by atoms with Crippen molar-refractivity contribution in [1.82, 2.24) is 0 Å². The van der Waals surface area contributed by atoms with Crippen LogP contribution < -0.4 is 5.73 Å². The van der Waals surface area contributed by atoms with E-state index in [9.17, 15) is 0 Å². The monoisotopic (exact) mass is 189 g/mol. The molecular formula is C10H23NO2. The van der Waals surface area contributed by atoms with E-state index in [1.807, 2.05) is 13.8 Å². The quantitative estimate of drug-likeness (QED) is 0.658. The van der Waals surface area contributed by atoms with Crippen molar-refractivity contribution in [3.05, 3.63) is 0 Å². The standard InChI is InChI=1S/C10H23NO2/c1-5-13-8-10(3,11)9(2)6-7-12-4/h9H,5-8,11H2,1-4H3. The zero-order valence-electron chi connectivity index (χ0n) is 9.30. The van der Waals surface area contributed by atoms with Crippen LogP contribution in [0.5, 0.6) is 0 Å². The van der Waals surface area contributed by atoms with Gasteiger partial charge in [0.2, 0.25) is 0 Å². The van der Waals surface area contributed by atoms with E-state index in [-0.39, 0.29) is 5.54 Å². The molecule has 0 aromatic heterocycles. The van der Waals surface area contributed by atoms with Crippen molar-refractivity contribution in [3.63, 3.8) is 0 Å². The maximum Gasteiger partial charge on any atom is 0.0645 e. The van der Waals surface area contributed by atoms with Crippen LogP contribution >= 0.6 is 0 Å². The van der Waals surface area contributed by atoms with E-state index in [1.54, 1.807) is 7.11 Å². The van der Waals surface area contributed by atoms with E-state index >= 15 is 0 Å². The average molecular weight is 189 g/mol. The van der Waals surface area contributed by atoms with Crippen LogP contribution in [0.15, 0.2) is 0 Å². The molecule has 0 aliphatic carbocycles. The van der Waals surface area contributed by atoms with Crippen LogP contribution in [-0.4, -0.2) is 32.5 Å². The van der Waals surface area contributed by atoms with Gasteiger partial charge in [0.05, 0.1) is 6.61 Å². The summed E-state index contributed by atoms with van der Waals surface area (Å²) in [6, 6.07) is 0. The summed E-state index contributed by atoms with van der Waals surface area (Å²) in [5, 5.41) is 0. The maximum absolute atomic E-state index is 6.11. The Morgan fingerprint density at radius 1 is 1.46 bits per heavy atom. The highest BCUT2D eigenvalue weighted by atomic mass is 16.5. The molecule has 2 atom stereocenters. The van der Waals surface area contributed by atoms with Gasteiger partial charge in [-0.1, -0.05) is 6.92 Å². The first-order valence-electron chi connectivity index (χ1n) is 4.90. The summed E-state index contributed by atoms with van der Waals surface area (Å²) in [4.78, 5) is 0. The van der Waals surface area contributed by atoms with Crippen molar-refractivity contribution in [2.24, 2.45) is 11.7 Å². The summed E-state index contributed by atoms with van der Waals surface area (Å²) >= 11 is 0. The fraction of sp³-hybridized carbons (Fsp3) is 1.00. The predicted octanol–water partition coefficient (Wildman–Crippen LogP) is 1.41. The second-order valence-electron chi connectivity index (χ2n) is 3.83. The minimum atomic E-state index is -0.242. The van der Waals surface area contributed by atoms with E-state index in [1.165, 1.54) is 0 Å². The molecule has 0 aromatic carbocycles. The van der Waals surface area contributed by atoms with Crippen LogP contribution in [-0.2, 0) is 9.47 Å². The first kappa shape index (κ1) is 12.9. The van der Waals surface area contributed by atoms with Gasteiger partial charge in [-0.2, -0.15) is 0 Å². The summed E-state index contributed by atoms with van der Waals surface area (Å²) in [7, 11) is 1.71. The smallest absolute Gasteiger partial charge is 0.0645 e. The van der Waals surface area contributed by atoms with Crippen molar-refractivity contribution in [3.8, 4) is 0 Å². The Bertz CT molecular complexity index is 126. The highest BCUT2D eigenvalue weighted by molar-refractivity contribution is 4.84. The summed E-state index contributed by atoms with van der Waals surface area (Å²) in [6.45, 7) is 8.26. The Morgan fingerprint density at radius 2 is 2.08 bits per heavy atom. The van der Waals surface area contributed by atoms with Gasteiger partial charge in [-0.05, 0) is 26.2 Å². The number of methoxy groups -OCH3 is 1. The molecule has 80 valence electrons. The topological polar surface area (TPSA) is 44.5 Å². The van der Waals surface area contributed by atoms with Crippen LogP contribution in [0.4, 0.5) is 0 Å². The lowest BCUT2D eigenvalue weighted by molar-refractivity contribution is 0.0669. The lowest BCUT2D eigenvalue weighted by Crippen LogP contribution is -2.47. The molecule has 0 rings (SSSR count). The van der Waals surface area contributed by atoms with E-state index < -0.39 is 0 Å². The van der Waals surface area contributed by atoms with Crippen LogP contribution in [0, 0.1) is 5.92 Å². The van der Waals surface area contributed by atoms with Crippen molar-refractivity contribution < 1.29 is 9.47 Å². The molecule has 2 unspecified atom stereocenters. The SMILES string of the molecule is CCOCC(C)(N)C(C)CCOC. The van der Waals surface area contributed by atoms with Gasteiger partial charge in [-0.3, -0.25) is 0 Å². The largest absolute Gasteiger partial charge is 0.385 e. The number of ether oxygens (including phenoxy) is 2. The molecule has 0 fully saturated rings. The van der Waals surface area contributed by atoms with Crippen molar-refractivity contribution in [2.45, 2.75) is 32.7 Å². The molecule has 0 aliphatic rings. The van der Waals surface area contributed by atoms with Gasteiger partial charge in [0.25, 0.3) is 0 Å². The van der Waals surface area contributed by atoms with Gasteiger partial charge >= 0.3 is 0 Å². The zero-order chi connectivity index (χ0) is 10.3. The molecule has 3 heteroatoms. The molecule has 0 amide bonds. The lowest BCUT2D eigenvalue weighted by atomic mass is 9.86. The molecule has 3 nitrogen and oxygen atoms in total. The van der Waals surface area contributed by atoms with Crippen molar-refractivity contribution in [2.75, 3.05) is 26.9 Å². The fourth-order valence-corrected chi connectivity index (χ4v) is 1.09. The number of nitrogens with two attached hydrogens (primary N) is 1. The third-order valence-electron chi connectivity index (χ3n) is 2.50. The van der Waals surface area contributed by atoms with Gasteiger partial charge in [-0.15, -0.1) is 0 Å². The van der Waals surface area contributed by atoms with Gasteiger partial charge in [-0.25, -0.2) is 0 Å². The second-order valence-corrected chi connectivity index (χ2v) is 3.83. The molecule has 0 aliphatic heterocycles. The fourth-order valence-electron chi connectivity index (χ4n) is 1.09. The summed E-state index contributed by atoms with van der Waals surface area (Å²) in [5.74, 6) is 0.416. The lowest BCUT2D eigenvalue weighted by Gasteiger charge is -2.31. The van der Waals surface area contributed by atoms with Crippen LogP contribution in [0.2, 0.25) is 0 Å². The van der Waals surface area contributed by atoms with E-state index in [0.717, 1.165) is 19.6 Å². The van der Waals surface area contributed by atoms with Gasteiger partial charge in [0.15, 0.2) is 0 Å². The Labute approximate surface area is 81.6 Å². The molecule has 2 N–H and O–H groups in total. The van der Waals surface area contributed by atoms with E-state index in [2.05, 4.69) is 6.92 Å². The number of rotatable bonds is 7. The van der Waals surface area contributed by atoms with Gasteiger partial charge < -0.3 is 15.2 Å². The molecule has 0 bridgehead atoms. The molecule has 0 saturated carbocycles. The molecular weight excluding hydrogens is 166 g/mol. The van der Waals surface area contributed by atoms with Crippen molar-refractivity contribution >= 4 is 0 Å². The summed E-state index contributed by atoms with van der Waals surface area (Å²) in [6.07, 6.45) is 0.983. The Morgan fingerprint density at radius 3 is 2.54 bits per heavy atom.